The lowest BCUT2D eigenvalue weighted by Gasteiger charge is -2.18. The van der Waals surface area contributed by atoms with E-state index in [9.17, 15) is 14.4 Å². The van der Waals surface area contributed by atoms with Crippen LogP contribution in [0, 0.1) is 0 Å². The number of ether oxygens (including phenoxy) is 3. The van der Waals surface area contributed by atoms with Gasteiger partial charge < -0.3 is 14.2 Å². The third-order valence-electron chi connectivity index (χ3n) is 12.5. The topological polar surface area (TPSA) is 78.9 Å². The highest BCUT2D eigenvalue weighted by Crippen LogP contribution is 2.15. The highest BCUT2D eigenvalue weighted by atomic mass is 16.6. The molecule has 0 heterocycles. The van der Waals surface area contributed by atoms with E-state index in [4.69, 9.17) is 14.2 Å². The average molecular weight is 938 g/mol. The maximum atomic E-state index is 12.9. The fourth-order valence-corrected chi connectivity index (χ4v) is 8.09. The summed E-state index contributed by atoms with van der Waals surface area (Å²) in [6.07, 6.45) is 69.3. The van der Waals surface area contributed by atoms with Crippen LogP contribution in [-0.2, 0) is 28.6 Å². The number of hydrogen-bond acceptors (Lipinski definition) is 6. The molecule has 0 amide bonds. The fourth-order valence-electron chi connectivity index (χ4n) is 8.09. The van der Waals surface area contributed by atoms with E-state index in [1.807, 2.05) is 0 Å². The van der Waals surface area contributed by atoms with Crippen LogP contribution < -0.4 is 0 Å². The van der Waals surface area contributed by atoms with Crippen LogP contribution in [-0.4, -0.2) is 37.2 Å². The Kier molecular flexibility index (Phi) is 53.3. The van der Waals surface area contributed by atoms with Crippen molar-refractivity contribution in [2.75, 3.05) is 13.2 Å². The Bertz CT molecular complexity index is 1210. The molecule has 0 bridgehead atoms. The zero-order valence-corrected chi connectivity index (χ0v) is 44.4. The lowest BCUT2D eigenvalue weighted by molar-refractivity contribution is -0.167. The first kappa shape index (κ1) is 64.1. The van der Waals surface area contributed by atoms with Gasteiger partial charge in [-0.05, 0) is 109 Å². The Morgan fingerprint density at radius 3 is 0.925 bits per heavy atom. The van der Waals surface area contributed by atoms with Crippen LogP contribution in [0.2, 0.25) is 0 Å². The van der Waals surface area contributed by atoms with Crippen molar-refractivity contribution in [1.82, 2.24) is 0 Å². The minimum absolute atomic E-state index is 0.0898. The molecule has 0 aliphatic carbocycles. The van der Waals surface area contributed by atoms with Crippen molar-refractivity contribution in [3.8, 4) is 0 Å². The van der Waals surface area contributed by atoms with Crippen molar-refractivity contribution >= 4 is 17.9 Å². The van der Waals surface area contributed by atoms with Crippen LogP contribution in [0.5, 0.6) is 0 Å². The van der Waals surface area contributed by atoms with Gasteiger partial charge in [-0.3, -0.25) is 14.4 Å². The summed E-state index contributed by atoms with van der Waals surface area (Å²) in [6, 6.07) is 0. The van der Waals surface area contributed by atoms with Crippen LogP contribution in [0.4, 0.5) is 0 Å². The number of allylic oxidation sites excluding steroid dienone is 10. The van der Waals surface area contributed by atoms with Crippen molar-refractivity contribution < 1.29 is 28.6 Å². The lowest BCUT2D eigenvalue weighted by Crippen LogP contribution is -2.30. The van der Waals surface area contributed by atoms with Crippen LogP contribution in [0.15, 0.2) is 60.8 Å². The number of esters is 3. The molecule has 0 aromatic heterocycles. The first-order chi connectivity index (χ1) is 33.0. The number of carbonyl (C=O) groups is 3. The number of rotatable bonds is 52. The van der Waals surface area contributed by atoms with Crippen molar-refractivity contribution in [1.29, 1.82) is 0 Å². The van der Waals surface area contributed by atoms with Gasteiger partial charge >= 0.3 is 17.9 Å². The van der Waals surface area contributed by atoms with E-state index in [2.05, 4.69) is 81.5 Å². The predicted molar refractivity (Wildman–Crippen MR) is 288 cm³/mol. The summed E-state index contributed by atoms with van der Waals surface area (Å²) in [5, 5.41) is 0. The normalized spacial score (nSPS) is 12.5. The molecule has 6 nitrogen and oxygen atoms in total. The third kappa shape index (κ3) is 53.9. The summed E-state index contributed by atoms with van der Waals surface area (Å²) in [7, 11) is 0. The largest absolute Gasteiger partial charge is 0.462 e. The van der Waals surface area contributed by atoms with E-state index >= 15 is 0 Å². The molecule has 0 aliphatic rings. The summed E-state index contributed by atoms with van der Waals surface area (Å²) in [6.45, 7) is 6.57. The zero-order valence-electron chi connectivity index (χ0n) is 44.4. The van der Waals surface area contributed by atoms with E-state index in [0.717, 1.165) is 77.0 Å². The zero-order chi connectivity index (χ0) is 48.6. The second-order valence-corrected chi connectivity index (χ2v) is 19.2. The first-order valence-corrected chi connectivity index (χ1v) is 28.8. The maximum Gasteiger partial charge on any atom is 0.306 e. The molecule has 0 N–H and O–H groups in total. The van der Waals surface area contributed by atoms with Crippen LogP contribution in [0.1, 0.15) is 290 Å². The Hall–Kier alpha value is -2.89. The van der Waals surface area contributed by atoms with Gasteiger partial charge in [0.05, 0.1) is 0 Å². The molecule has 0 fully saturated rings. The van der Waals surface area contributed by atoms with Gasteiger partial charge in [-0.2, -0.15) is 0 Å². The highest BCUT2D eigenvalue weighted by molar-refractivity contribution is 5.71. The van der Waals surface area contributed by atoms with E-state index in [-0.39, 0.29) is 31.1 Å². The average Bonchev–Trinajstić information content (AvgIpc) is 3.33. The molecule has 67 heavy (non-hydrogen) atoms. The molecule has 0 aromatic rings. The second kappa shape index (κ2) is 55.7. The molecule has 0 saturated heterocycles. The molecule has 1 atom stereocenters. The van der Waals surface area contributed by atoms with Crippen molar-refractivity contribution in [3.05, 3.63) is 60.8 Å². The van der Waals surface area contributed by atoms with E-state index in [0.29, 0.717) is 19.3 Å². The summed E-state index contributed by atoms with van der Waals surface area (Å²) < 4.78 is 16.8. The van der Waals surface area contributed by atoms with Crippen LogP contribution in [0.3, 0.4) is 0 Å². The summed E-state index contributed by atoms with van der Waals surface area (Å²) >= 11 is 0. The van der Waals surface area contributed by atoms with Gasteiger partial charge in [-0.15, -0.1) is 0 Å². The van der Waals surface area contributed by atoms with Gasteiger partial charge in [0.1, 0.15) is 13.2 Å². The van der Waals surface area contributed by atoms with Gasteiger partial charge in [0.25, 0.3) is 0 Å². The Morgan fingerprint density at radius 2 is 0.537 bits per heavy atom. The summed E-state index contributed by atoms with van der Waals surface area (Å²) in [4.78, 5) is 38.1. The standard InChI is InChI=1S/C61H108O6/c1-4-7-10-13-16-19-22-25-27-28-29-30-31-32-34-37-40-43-46-49-52-55-61(64)67-58(56-65-59(62)53-50-47-44-41-38-35-24-21-18-15-12-9-6-3)57-66-60(63)54-51-48-45-42-39-36-33-26-23-20-17-14-11-8-5-2/h17,20-21,24-27,33,39,42,58H,4-16,18-19,22-23,28-32,34-38,40-41,43-57H2,1-3H3/b20-17-,24-21-,27-25-,33-26-,42-39-/t58-/m0/s1. The van der Waals surface area contributed by atoms with Crippen molar-refractivity contribution in [2.24, 2.45) is 0 Å². The van der Waals surface area contributed by atoms with Crippen LogP contribution >= 0.6 is 0 Å². The van der Waals surface area contributed by atoms with E-state index in [1.54, 1.807) is 0 Å². The summed E-state index contributed by atoms with van der Waals surface area (Å²) in [5.41, 5.74) is 0. The molecule has 6 heteroatoms. The van der Waals surface area contributed by atoms with Gasteiger partial charge in [-0.1, -0.05) is 223 Å². The summed E-state index contributed by atoms with van der Waals surface area (Å²) in [5.74, 6) is -0.929. The minimum atomic E-state index is -0.793. The smallest absolute Gasteiger partial charge is 0.306 e. The molecule has 0 unspecified atom stereocenters. The molecule has 0 spiro atoms. The third-order valence-corrected chi connectivity index (χ3v) is 12.5. The molecular weight excluding hydrogens is 829 g/mol. The first-order valence-electron chi connectivity index (χ1n) is 28.8. The highest BCUT2D eigenvalue weighted by Gasteiger charge is 2.19. The Balaban J connectivity index is 4.38. The molecule has 388 valence electrons. The Labute approximate surface area is 415 Å². The van der Waals surface area contributed by atoms with E-state index in [1.165, 1.54) is 173 Å². The number of carbonyl (C=O) groups excluding carboxylic acids is 3. The number of unbranched alkanes of at least 4 members (excludes halogenated alkanes) is 31. The number of hydrogen-bond donors (Lipinski definition) is 0. The minimum Gasteiger partial charge on any atom is -0.462 e. The predicted octanol–water partition coefficient (Wildman–Crippen LogP) is 19.2. The van der Waals surface area contributed by atoms with Gasteiger partial charge in [0, 0.05) is 19.3 Å². The van der Waals surface area contributed by atoms with Gasteiger partial charge in [0.15, 0.2) is 6.10 Å². The maximum absolute atomic E-state index is 12.9. The molecule has 0 saturated carbocycles. The lowest BCUT2D eigenvalue weighted by atomic mass is 10.0. The molecule has 0 rings (SSSR count). The molecule has 0 aromatic carbocycles. The molecular formula is C61H108O6. The fraction of sp³-hybridized carbons (Fsp3) is 0.787. The monoisotopic (exact) mass is 937 g/mol. The molecule has 0 radical (unpaired) electrons. The second-order valence-electron chi connectivity index (χ2n) is 19.2. The van der Waals surface area contributed by atoms with Crippen LogP contribution in [0.25, 0.3) is 0 Å². The molecule has 0 aliphatic heterocycles. The van der Waals surface area contributed by atoms with Gasteiger partial charge in [0.2, 0.25) is 0 Å². The SMILES string of the molecule is CCCCC/C=C\C/C=C\C/C=C\CCCCC(=O)OC[C@H](COC(=O)CCCCCCC/C=C\CCCCCC)OC(=O)CCCCCCCCCCCCC/C=C\CCCCCCCC. The van der Waals surface area contributed by atoms with Gasteiger partial charge in [-0.25, -0.2) is 0 Å². The van der Waals surface area contributed by atoms with Crippen molar-refractivity contribution in [3.63, 3.8) is 0 Å². The van der Waals surface area contributed by atoms with Crippen molar-refractivity contribution in [2.45, 2.75) is 297 Å². The quantitative estimate of drug-likeness (QED) is 0.0262. The van der Waals surface area contributed by atoms with E-state index < -0.39 is 6.10 Å². The Morgan fingerprint density at radius 1 is 0.299 bits per heavy atom.